The predicted molar refractivity (Wildman–Crippen MR) is 49.6 cm³/mol. The van der Waals surface area contributed by atoms with E-state index >= 15 is 0 Å². The summed E-state index contributed by atoms with van der Waals surface area (Å²) >= 11 is 0. The van der Waals surface area contributed by atoms with Gasteiger partial charge in [-0.2, -0.15) is 0 Å². The summed E-state index contributed by atoms with van der Waals surface area (Å²) in [5, 5.41) is 3.61. The molecule has 0 aromatic rings. The maximum absolute atomic E-state index is 3.61. The van der Waals surface area contributed by atoms with Gasteiger partial charge in [0.05, 0.1) is 0 Å². The zero-order valence-electron chi connectivity index (χ0n) is 8.06. The molecule has 0 spiro atoms. The summed E-state index contributed by atoms with van der Waals surface area (Å²) in [7, 11) is 0. The van der Waals surface area contributed by atoms with E-state index in [9.17, 15) is 0 Å². The molecule has 1 saturated heterocycles. The van der Waals surface area contributed by atoms with Crippen LogP contribution in [0.3, 0.4) is 0 Å². The van der Waals surface area contributed by atoms with E-state index in [1.54, 1.807) is 0 Å². The molecule has 1 rings (SSSR count). The van der Waals surface area contributed by atoms with E-state index in [2.05, 4.69) is 26.1 Å². The second-order valence-corrected chi connectivity index (χ2v) is 3.82. The number of nitrogens with one attached hydrogen (secondary N) is 1. The second-order valence-electron chi connectivity index (χ2n) is 3.82. The van der Waals surface area contributed by atoms with Crippen molar-refractivity contribution in [3.8, 4) is 0 Å². The van der Waals surface area contributed by atoms with Gasteiger partial charge in [0.15, 0.2) is 0 Å². The monoisotopic (exact) mass is 155 g/mol. The molecule has 0 saturated carbocycles. The standard InChI is InChI=1S/C10H21N/c1-4-8(3)10-9(5-2)6-7-11-10/h8-11H,4-7H2,1-3H3. The van der Waals surface area contributed by atoms with Crippen LogP contribution in [0.2, 0.25) is 0 Å². The molecule has 1 fully saturated rings. The first-order valence-corrected chi connectivity index (χ1v) is 5.03. The Morgan fingerprint density at radius 2 is 2.18 bits per heavy atom. The normalized spacial score (nSPS) is 34.1. The number of hydrogen-bond acceptors (Lipinski definition) is 1. The maximum Gasteiger partial charge on any atom is 0.0121 e. The summed E-state index contributed by atoms with van der Waals surface area (Å²) in [6.45, 7) is 8.21. The lowest BCUT2D eigenvalue weighted by molar-refractivity contribution is 0.321. The Kier molecular flexibility index (Phi) is 3.38. The summed E-state index contributed by atoms with van der Waals surface area (Å²) in [5.74, 6) is 1.81. The smallest absolute Gasteiger partial charge is 0.0121 e. The van der Waals surface area contributed by atoms with Gasteiger partial charge in [0, 0.05) is 6.04 Å². The quantitative estimate of drug-likeness (QED) is 0.660. The molecule has 1 nitrogen and oxygen atoms in total. The lowest BCUT2D eigenvalue weighted by Gasteiger charge is -2.23. The van der Waals surface area contributed by atoms with Crippen LogP contribution < -0.4 is 5.32 Å². The molecule has 1 aliphatic heterocycles. The van der Waals surface area contributed by atoms with E-state index in [0.29, 0.717) is 0 Å². The topological polar surface area (TPSA) is 12.0 Å². The van der Waals surface area contributed by atoms with Crippen molar-refractivity contribution in [1.82, 2.24) is 5.32 Å². The van der Waals surface area contributed by atoms with Gasteiger partial charge in [-0.25, -0.2) is 0 Å². The highest BCUT2D eigenvalue weighted by atomic mass is 15.0. The van der Waals surface area contributed by atoms with E-state index in [-0.39, 0.29) is 0 Å². The zero-order chi connectivity index (χ0) is 8.27. The van der Waals surface area contributed by atoms with Crippen molar-refractivity contribution in [2.45, 2.75) is 46.1 Å². The predicted octanol–water partition coefficient (Wildman–Crippen LogP) is 2.42. The first-order valence-electron chi connectivity index (χ1n) is 5.03. The van der Waals surface area contributed by atoms with Gasteiger partial charge in [-0.15, -0.1) is 0 Å². The number of rotatable bonds is 3. The van der Waals surface area contributed by atoms with Crippen molar-refractivity contribution >= 4 is 0 Å². The molecule has 1 heteroatoms. The third-order valence-electron chi connectivity index (χ3n) is 3.18. The molecule has 1 N–H and O–H groups in total. The molecular weight excluding hydrogens is 134 g/mol. The van der Waals surface area contributed by atoms with E-state index in [0.717, 1.165) is 17.9 Å². The Balaban J connectivity index is 2.42. The van der Waals surface area contributed by atoms with Gasteiger partial charge in [-0.3, -0.25) is 0 Å². The Morgan fingerprint density at radius 3 is 2.73 bits per heavy atom. The van der Waals surface area contributed by atoms with Crippen LogP contribution >= 0.6 is 0 Å². The van der Waals surface area contributed by atoms with Crippen molar-refractivity contribution in [3.05, 3.63) is 0 Å². The molecule has 3 unspecified atom stereocenters. The first-order chi connectivity index (χ1) is 5.29. The molecule has 11 heavy (non-hydrogen) atoms. The van der Waals surface area contributed by atoms with Gasteiger partial charge in [0.25, 0.3) is 0 Å². The highest BCUT2D eigenvalue weighted by Crippen LogP contribution is 2.25. The minimum absolute atomic E-state index is 0.810. The van der Waals surface area contributed by atoms with Crippen molar-refractivity contribution in [2.24, 2.45) is 11.8 Å². The highest BCUT2D eigenvalue weighted by molar-refractivity contribution is 4.85. The molecule has 0 aromatic heterocycles. The van der Waals surface area contributed by atoms with Crippen LogP contribution in [0.25, 0.3) is 0 Å². The van der Waals surface area contributed by atoms with Gasteiger partial charge in [0.2, 0.25) is 0 Å². The fourth-order valence-electron chi connectivity index (χ4n) is 2.16. The Hall–Kier alpha value is -0.0400. The average molecular weight is 155 g/mol. The van der Waals surface area contributed by atoms with Crippen molar-refractivity contribution in [2.75, 3.05) is 6.54 Å². The van der Waals surface area contributed by atoms with E-state index in [1.807, 2.05) is 0 Å². The molecule has 0 amide bonds. The van der Waals surface area contributed by atoms with E-state index < -0.39 is 0 Å². The van der Waals surface area contributed by atoms with Crippen molar-refractivity contribution in [3.63, 3.8) is 0 Å². The van der Waals surface area contributed by atoms with Crippen LogP contribution in [0.5, 0.6) is 0 Å². The molecule has 0 aromatic carbocycles. The summed E-state index contributed by atoms with van der Waals surface area (Å²) in [4.78, 5) is 0. The molecule has 66 valence electrons. The minimum Gasteiger partial charge on any atom is -0.313 e. The fraction of sp³-hybridized carbons (Fsp3) is 1.00. The molecule has 1 aliphatic rings. The summed E-state index contributed by atoms with van der Waals surface area (Å²) in [5.41, 5.74) is 0. The summed E-state index contributed by atoms with van der Waals surface area (Å²) < 4.78 is 0. The molecule has 3 atom stereocenters. The van der Waals surface area contributed by atoms with Gasteiger partial charge in [-0.1, -0.05) is 33.6 Å². The van der Waals surface area contributed by atoms with Gasteiger partial charge in [-0.05, 0) is 24.8 Å². The van der Waals surface area contributed by atoms with Crippen LogP contribution in [0.15, 0.2) is 0 Å². The van der Waals surface area contributed by atoms with Crippen LogP contribution in [0.1, 0.15) is 40.0 Å². The SMILES string of the molecule is CCC(C)C1NCCC1CC. The summed E-state index contributed by atoms with van der Waals surface area (Å²) in [6, 6.07) is 0.810. The summed E-state index contributed by atoms with van der Waals surface area (Å²) in [6.07, 6.45) is 4.06. The Labute approximate surface area is 70.6 Å². The highest BCUT2D eigenvalue weighted by Gasteiger charge is 2.28. The second kappa shape index (κ2) is 4.10. The maximum atomic E-state index is 3.61. The molecule has 1 heterocycles. The fourth-order valence-corrected chi connectivity index (χ4v) is 2.16. The van der Waals surface area contributed by atoms with Crippen LogP contribution in [-0.4, -0.2) is 12.6 Å². The van der Waals surface area contributed by atoms with Gasteiger partial charge in [0.1, 0.15) is 0 Å². The first kappa shape index (κ1) is 9.05. The Bertz CT molecular complexity index is 111. The minimum atomic E-state index is 0.810. The molecular formula is C10H21N. The number of hydrogen-bond donors (Lipinski definition) is 1. The van der Waals surface area contributed by atoms with E-state index in [4.69, 9.17) is 0 Å². The molecule has 0 aliphatic carbocycles. The van der Waals surface area contributed by atoms with Crippen molar-refractivity contribution < 1.29 is 0 Å². The van der Waals surface area contributed by atoms with Crippen LogP contribution in [-0.2, 0) is 0 Å². The van der Waals surface area contributed by atoms with Crippen molar-refractivity contribution in [1.29, 1.82) is 0 Å². The average Bonchev–Trinajstić information content (AvgIpc) is 2.50. The Morgan fingerprint density at radius 1 is 1.45 bits per heavy atom. The third kappa shape index (κ3) is 1.96. The molecule has 0 radical (unpaired) electrons. The molecule has 0 bridgehead atoms. The van der Waals surface area contributed by atoms with Crippen LogP contribution in [0.4, 0.5) is 0 Å². The van der Waals surface area contributed by atoms with E-state index in [1.165, 1.54) is 25.8 Å². The van der Waals surface area contributed by atoms with Gasteiger partial charge >= 0.3 is 0 Å². The lowest BCUT2D eigenvalue weighted by atomic mass is 9.87. The largest absolute Gasteiger partial charge is 0.313 e. The third-order valence-corrected chi connectivity index (χ3v) is 3.18. The van der Waals surface area contributed by atoms with Crippen LogP contribution in [0, 0.1) is 11.8 Å². The lowest BCUT2D eigenvalue weighted by Crippen LogP contribution is -2.33. The zero-order valence-corrected chi connectivity index (χ0v) is 8.06. The van der Waals surface area contributed by atoms with Gasteiger partial charge < -0.3 is 5.32 Å².